The topological polar surface area (TPSA) is 72.2 Å². The number of aromatic nitrogens is 1. The van der Waals surface area contributed by atoms with Crippen molar-refractivity contribution >= 4 is 21.4 Å². The van der Waals surface area contributed by atoms with Crippen molar-refractivity contribution in [3.8, 4) is 10.6 Å². The van der Waals surface area contributed by atoms with Gasteiger partial charge in [-0.1, -0.05) is 30.7 Å². The number of oxazole rings is 1. The summed E-state index contributed by atoms with van der Waals surface area (Å²) in [5.74, 6) is 1.82. The Morgan fingerprint density at radius 3 is 2.77 bits per heavy atom. The Kier molecular flexibility index (Phi) is 4.69. The second-order valence-electron chi connectivity index (χ2n) is 6.56. The molecule has 2 heterocycles. The number of nitrogens with one attached hydrogen (secondary N) is 1. The Balaban J connectivity index is 1.49. The van der Waals surface area contributed by atoms with E-state index in [-0.39, 0.29) is 10.8 Å². The molecule has 1 N–H and O–H groups in total. The fourth-order valence-electron chi connectivity index (χ4n) is 2.89. The van der Waals surface area contributed by atoms with E-state index in [2.05, 4.69) is 9.71 Å². The maximum Gasteiger partial charge on any atom is 0.250 e. The molecule has 1 saturated carbocycles. The van der Waals surface area contributed by atoms with Crippen LogP contribution in [0.3, 0.4) is 0 Å². The fourth-order valence-corrected chi connectivity index (χ4v) is 5.20. The molecule has 0 unspecified atom stereocenters. The molecule has 2 aromatic heterocycles. The average molecular weight is 389 g/mol. The molecule has 0 aliphatic heterocycles. The summed E-state index contributed by atoms with van der Waals surface area (Å²) in [5, 5.41) is 0. The smallest absolute Gasteiger partial charge is 0.250 e. The predicted octanol–water partition coefficient (Wildman–Crippen LogP) is 4.46. The van der Waals surface area contributed by atoms with Gasteiger partial charge in [-0.3, -0.25) is 0 Å². The number of nitrogens with zero attached hydrogens (tertiary/aromatic N) is 1. The monoisotopic (exact) mass is 388 g/mol. The Morgan fingerprint density at radius 1 is 1.23 bits per heavy atom. The van der Waals surface area contributed by atoms with Crippen LogP contribution in [0.5, 0.6) is 0 Å². The summed E-state index contributed by atoms with van der Waals surface area (Å²) >= 11 is 1.20. The van der Waals surface area contributed by atoms with Crippen molar-refractivity contribution in [2.24, 2.45) is 0 Å². The van der Waals surface area contributed by atoms with Gasteiger partial charge in [-0.05, 0) is 43.0 Å². The molecular weight excluding hydrogens is 368 g/mol. The van der Waals surface area contributed by atoms with Gasteiger partial charge in [0.2, 0.25) is 10.0 Å². The van der Waals surface area contributed by atoms with E-state index < -0.39 is 10.0 Å². The highest BCUT2D eigenvalue weighted by Crippen LogP contribution is 2.38. The first-order valence-electron chi connectivity index (χ1n) is 8.63. The zero-order valence-corrected chi connectivity index (χ0v) is 16.1. The maximum atomic E-state index is 12.6. The Bertz CT molecular complexity index is 1020. The molecule has 26 heavy (non-hydrogen) atoms. The average Bonchev–Trinajstić information content (AvgIpc) is 3.22. The number of aryl methyl sites for hydroxylation is 1. The highest BCUT2D eigenvalue weighted by atomic mass is 32.2. The summed E-state index contributed by atoms with van der Waals surface area (Å²) in [7, 11) is -3.56. The van der Waals surface area contributed by atoms with Crippen molar-refractivity contribution in [2.75, 3.05) is 0 Å². The predicted molar refractivity (Wildman–Crippen MR) is 102 cm³/mol. The Hall–Kier alpha value is -1.96. The third-order valence-electron chi connectivity index (χ3n) is 4.78. The fraction of sp³-hybridized carbons (Fsp3) is 0.316. The van der Waals surface area contributed by atoms with Crippen LogP contribution < -0.4 is 4.72 Å². The lowest BCUT2D eigenvalue weighted by Crippen LogP contribution is -2.22. The molecule has 136 valence electrons. The van der Waals surface area contributed by atoms with Gasteiger partial charge in [0.1, 0.15) is 4.21 Å². The molecule has 0 atom stereocenters. The van der Waals surface area contributed by atoms with E-state index in [1.54, 1.807) is 18.3 Å². The van der Waals surface area contributed by atoms with E-state index in [1.165, 1.54) is 17.8 Å². The van der Waals surface area contributed by atoms with Crippen LogP contribution in [0.1, 0.15) is 42.2 Å². The van der Waals surface area contributed by atoms with Crippen molar-refractivity contribution < 1.29 is 12.8 Å². The molecule has 0 spiro atoms. The molecule has 0 saturated heterocycles. The SMILES string of the molecule is Cc1ccccc1CNS(=O)(=O)c1ccc(-c2cnc(C3CCC3)o2)s1. The van der Waals surface area contributed by atoms with Crippen LogP contribution in [0.25, 0.3) is 10.6 Å². The molecule has 0 bridgehead atoms. The van der Waals surface area contributed by atoms with Gasteiger partial charge in [0.25, 0.3) is 0 Å². The minimum absolute atomic E-state index is 0.274. The van der Waals surface area contributed by atoms with Crippen molar-refractivity contribution in [3.05, 3.63) is 59.6 Å². The number of rotatable bonds is 6. The molecule has 1 fully saturated rings. The van der Waals surface area contributed by atoms with Gasteiger partial charge in [-0.25, -0.2) is 18.1 Å². The zero-order chi connectivity index (χ0) is 18.1. The first-order chi connectivity index (χ1) is 12.5. The Labute approximate surface area is 157 Å². The minimum atomic E-state index is -3.56. The second-order valence-corrected chi connectivity index (χ2v) is 9.64. The minimum Gasteiger partial charge on any atom is -0.440 e. The quantitative estimate of drug-likeness (QED) is 0.677. The van der Waals surface area contributed by atoms with Crippen LogP contribution in [0.2, 0.25) is 0 Å². The third-order valence-corrected chi connectivity index (χ3v) is 7.77. The van der Waals surface area contributed by atoms with E-state index in [0.717, 1.165) is 34.7 Å². The zero-order valence-electron chi connectivity index (χ0n) is 14.4. The number of benzene rings is 1. The number of sulfonamides is 1. The van der Waals surface area contributed by atoms with E-state index in [9.17, 15) is 8.42 Å². The molecular formula is C19H20N2O3S2. The molecule has 0 amide bonds. The van der Waals surface area contributed by atoms with Crippen molar-refractivity contribution in [1.82, 2.24) is 9.71 Å². The number of hydrogen-bond acceptors (Lipinski definition) is 5. The third kappa shape index (κ3) is 3.47. The molecule has 1 aliphatic rings. The summed E-state index contributed by atoms with van der Waals surface area (Å²) in [6, 6.07) is 11.1. The van der Waals surface area contributed by atoms with E-state index in [1.807, 2.05) is 31.2 Å². The standard InChI is InChI=1S/C19H20N2O3S2/c1-13-5-2-3-6-15(13)11-21-26(22,23)18-10-9-17(25-18)16-12-20-19(24-16)14-7-4-8-14/h2-3,5-6,9-10,12,14,21H,4,7-8,11H2,1H3. The summed E-state index contributed by atoms with van der Waals surface area (Å²) in [6.07, 6.45) is 5.15. The van der Waals surface area contributed by atoms with Crippen LogP contribution in [-0.2, 0) is 16.6 Å². The van der Waals surface area contributed by atoms with Crippen LogP contribution in [0.15, 0.2) is 51.2 Å². The molecule has 5 nitrogen and oxygen atoms in total. The first kappa shape index (κ1) is 17.5. The van der Waals surface area contributed by atoms with Crippen LogP contribution >= 0.6 is 11.3 Å². The largest absolute Gasteiger partial charge is 0.440 e. The van der Waals surface area contributed by atoms with E-state index in [4.69, 9.17) is 4.42 Å². The lowest BCUT2D eigenvalue weighted by Gasteiger charge is -2.21. The molecule has 3 aromatic rings. The van der Waals surface area contributed by atoms with Gasteiger partial charge in [0.05, 0.1) is 11.1 Å². The number of thiophene rings is 1. The van der Waals surface area contributed by atoms with Crippen molar-refractivity contribution in [1.29, 1.82) is 0 Å². The summed E-state index contributed by atoms with van der Waals surface area (Å²) in [5.41, 5.74) is 2.03. The van der Waals surface area contributed by atoms with Crippen LogP contribution in [-0.4, -0.2) is 13.4 Å². The summed E-state index contributed by atoms with van der Waals surface area (Å²) < 4.78 is 34.0. The highest BCUT2D eigenvalue weighted by molar-refractivity contribution is 7.91. The highest BCUT2D eigenvalue weighted by Gasteiger charge is 2.25. The second kappa shape index (κ2) is 6.98. The molecule has 0 radical (unpaired) electrons. The molecule has 1 aromatic carbocycles. The van der Waals surface area contributed by atoms with Gasteiger partial charge in [-0.15, -0.1) is 11.3 Å². The lowest BCUT2D eigenvalue weighted by molar-refractivity contribution is 0.338. The van der Waals surface area contributed by atoms with Crippen molar-refractivity contribution in [2.45, 2.75) is 42.9 Å². The molecule has 4 rings (SSSR count). The van der Waals surface area contributed by atoms with Gasteiger partial charge in [-0.2, -0.15) is 0 Å². The van der Waals surface area contributed by atoms with Crippen molar-refractivity contribution in [3.63, 3.8) is 0 Å². The van der Waals surface area contributed by atoms with Crippen LogP contribution in [0.4, 0.5) is 0 Å². The number of hydrogen-bond donors (Lipinski definition) is 1. The normalized spacial score (nSPS) is 15.1. The van der Waals surface area contributed by atoms with Gasteiger partial charge in [0.15, 0.2) is 11.7 Å². The lowest BCUT2D eigenvalue weighted by atomic mass is 9.85. The maximum absolute atomic E-state index is 12.6. The van der Waals surface area contributed by atoms with Gasteiger partial charge >= 0.3 is 0 Å². The van der Waals surface area contributed by atoms with Gasteiger partial charge < -0.3 is 4.42 Å². The van der Waals surface area contributed by atoms with E-state index >= 15 is 0 Å². The molecule has 7 heteroatoms. The van der Waals surface area contributed by atoms with Gasteiger partial charge in [0, 0.05) is 12.5 Å². The Morgan fingerprint density at radius 2 is 2.04 bits per heavy atom. The summed E-state index contributed by atoms with van der Waals surface area (Å²) in [4.78, 5) is 5.12. The molecule has 1 aliphatic carbocycles. The first-order valence-corrected chi connectivity index (χ1v) is 10.9. The van der Waals surface area contributed by atoms with Crippen LogP contribution in [0, 0.1) is 6.92 Å². The summed E-state index contributed by atoms with van der Waals surface area (Å²) in [6.45, 7) is 2.24. The van der Waals surface area contributed by atoms with E-state index in [0.29, 0.717) is 11.7 Å².